The van der Waals surface area contributed by atoms with E-state index >= 15 is 0 Å². The summed E-state index contributed by atoms with van der Waals surface area (Å²) in [5, 5.41) is 6.67. The Bertz CT molecular complexity index is 682. The van der Waals surface area contributed by atoms with E-state index in [2.05, 4.69) is 10.6 Å². The van der Waals surface area contributed by atoms with Crippen molar-refractivity contribution in [1.82, 2.24) is 15.5 Å². The minimum absolute atomic E-state index is 0.0283. The lowest BCUT2D eigenvalue weighted by Crippen LogP contribution is -2.33. The van der Waals surface area contributed by atoms with Crippen molar-refractivity contribution in [3.05, 3.63) is 28.8 Å². The Balaban J connectivity index is 1.54. The van der Waals surface area contributed by atoms with Gasteiger partial charge in [0.05, 0.1) is 10.6 Å². The Morgan fingerprint density at radius 1 is 1.12 bits per heavy atom. The maximum Gasteiger partial charge on any atom is 0.321 e. The molecule has 0 bridgehead atoms. The highest BCUT2D eigenvalue weighted by Crippen LogP contribution is 2.30. The number of amides is 3. The van der Waals surface area contributed by atoms with Crippen LogP contribution in [0.2, 0.25) is 5.02 Å². The summed E-state index contributed by atoms with van der Waals surface area (Å²) in [7, 11) is 0. The van der Waals surface area contributed by atoms with Crippen LogP contribution in [0.15, 0.2) is 18.2 Å². The predicted octanol–water partition coefficient (Wildman–Crippen LogP) is 1.94. The molecule has 2 N–H and O–H groups in total. The Morgan fingerprint density at radius 3 is 2.48 bits per heavy atom. The Labute approximate surface area is 152 Å². The molecule has 0 saturated carbocycles. The molecule has 3 heterocycles. The third-order valence-electron chi connectivity index (χ3n) is 5.66. The number of rotatable bonds is 2. The topological polar surface area (TPSA) is 64.7 Å². The largest absolute Gasteiger partial charge is 0.339 e. The SMILES string of the molecule is O=C(c1cc(N2CCNC2=O)ccc1Cl)N1CC[C@@H]2CNC[C@@H]2CC1. The zero-order valence-corrected chi connectivity index (χ0v) is 14.9. The number of fused-ring (bicyclic) bond motifs is 1. The number of likely N-dealkylation sites (tertiary alicyclic amines) is 1. The van der Waals surface area contributed by atoms with Crippen LogP contribution in [-0.4, -0.2) is 56.1 Å². The highest BCUT2D eigenvalue weighted by atomic mass is 35.5. The number of nitrogens with one attached hydrogen (secondary N) is 2. The first-order valence-corrected chi connectivity index (χ1v) is 9.36. The van der Waals surface area contributed by atoms with Crippen molar-refractivity contribution in [3.63, 3.8) is 0 Å². The summed E-state index contributed by atoms with van der Waals surface area (Å²) in [5.74, 6) is 1.32. The van der Waals surface area contributed by atoms with Gasteiger partial charge in [-0.05, 0) is 56.0 Å². The molecule has 6 nitrogen and oxygen atoms in total. The normalized spacial score (nSPS) is 26.4. The maximum atomic E-state index is 13.0. The van der Waals surface area contributed by atoms with Gasteiger partial charge >= 0.3 is 6.03 Å². The second kappa shape index (κ2) is 6.84. The van der Waals surface area contributed by atoms with Gasteiger partial charge in [-0.2, -0.15) is 0 Å². The quantitative estimate of drug-likeness (QED) is 0.845. The van der Waals surface area contributed by atoms with E-state index in [1.165, 1.54) is 0 Å². The number of carbonyl (C=O) groups excluding carboxylic acids is 2. The first kappa shape index (κ1) is 16.7. The van der Waals surface area contributed by atoms with Gasteiger partial charge in [0, 0.05) is 31.9 Å². The second-order valence-electron chi connectivity index (χ2n) is 7.10. The van der Waals surface area contributed by atoms with E-state index in [0.717, 1.165) is 44.7 Å². The van der Waals surface area contributed by atoms with E-state index in [4.69, 9.17) is 11.6 Å². The maximum absolute atomic E-state index is 13.0. The average Bonchev–Trinajstić information content (AvgIpc) is 3.19. The number of anilines is 1. The molecule has 0 spiro atoms. The predicted molar refractivity (Wildman–Crippen MR) is 97.2 cm³/mol. The van der Waals surface area contributed by atoms with Crippen LogP contribution in [-0.2, 0) is 0 Å². The zero-order chi connectivity index (χ0) is 17.4. The third kappa shape index (κ3) is 3.20. The van der Waals surface area contributed by atoms with Gasteiger partial charge < -0.3 is 15.5 Å². The summed E-state index contributed by atoms with van der Waals surface area (Å²) in [6, 6.07) is 5.13. The molecule has 0 aromatic heterocycles. The van der Waals surface area contributed by atoms with Gasteiger partial charge in [-0.1, -0.05) is 11.6 Å². The van der Waals surface area contributed by atoms with E-state index in [-0.39, 0.29) is 11.9 Å². The molecular formula is C18H23ClN4O2. The van der Waals surface area contributed by atoms with Crippen LogP contribution in [0, 0.1) is 11.8 Å². The van der Waals surface area contributed by atoms with Gasteiger partial charge in [-0.15, -0.1) is 0 Å². The molecule has 1 aromatic rings. The number of carbonyl (C=O) groups is 2. The molecule has 0 radical (unpaired) electrons. The highest BCUT2D eigenvalue weighted by Gasteiger charge is 2.32. The summed E-state index contributed by atoms with van der Waals surface area (Å²) in [6.45, 7) is 4.89. The molecular weight excluding hydrogens is 340 g/mol. The second-order valence-corrected chi connectivity index (χ2v) is 7.50. The Hall–Kier alpha value is -1.79. The summed E-state index contributed by atoms with van der Waals surface area (Å²) in [6.07, 6.45) is 2.07. The van der Waals surface area contributed by atoms with Crippen LogP contribution in [0.25, 0.3) is 0 Å². The average molecular weight is 363 g/mol. The number of urea groups is 1. The fourth-order valence-electron chi connectivity index (χ4n) is 4.15. The first-order chi connectivity index (χ1) is 12.1. The van der Waals surface area contributed by atoms with Gasteiger partial charge in [0.1, 0.15) is 0 Å². The zero-order valence-electron chi connectivity index (χ0n) is 14.1. The molecule has 2 atom stereocenters. The lowest BCUT2D eigenvalue weighted by molar-refractivity contribution is 0.0758. The summed E-state index contributed by atoms with van der Waals surface area (Å²) < 4.78 is 0. The van der Waals surface area contributed by atoms with Crippen LogP contribution >= 0.6 is 11.6 Å². The van der Waals surface area contributed by atoms with Crippen molar-refractivity contribution in [2.24, 2.45) is 11.8 Å². The fourth-order valence-corrected chi connectivity index (χ4v) is 4.35. The van der Waals surface area contributed by atoms with Crippen LogP contribution < -0.4 is 15.5 Å². The van der Waals surface area contributed by atoms with E-state index < -0.39 is 0 Å². The number of halogens is 1. The van der Waals surface area contributed by atoms with Crippen molar-refractivity contribution >= 4 is 29.2 Å². The molecule has 3 amide bonds. The van der Waals surface area contributed by atoms with Gasteiger partial charge in [0.15, 0.2) is 0 Å². The molecule has 3 fully saturated rings. The molecule has 4 rings (SSSR count). The van der Waals surface area contributed by atoms with Crippen molar-refractivity contribution < 1.29 is 9.59 Å². The van der Waals surface area contributed by atoms with Crippen LogP contribution in [0.4, 0.5) is 10.5 Å². The van der Waals surface area contributed by atoms with Crippen molar-refractivity contribution in [2.45, 2.75) is 12.8 Å². The minimum Gasteiger partial charge on any atom is -0.339 e. The van der Waals surface area contributed by atoms with E-state index in [1.807, 2.05) is 4.90 Å². The molecule has 0 aliphatic carbocycles. The van der Waals surface area contributed by atoms with Crippen molar-refractivity contribution in [3.8, 4) is 0 Å². The number of hydrogen-bond acceptors (Lipinski definition) is 3. The summed E-state index contributed by atoms with van der Waals surface area (Å²) >= 11 is 6.31. The lowest BCUT2D eigenvalue weighted by atomic mass is 9.92. The van der Waals surface area contributed by atoms with Gasteiger partial charge in [-0.3, -0.25) is 9.69 Å². The number of nitrogens with zero attached hydrogens (tertiary/aromatic N) is 2. The third-order valence-corrected chi connectivity index (χ3v) is 5.98. The van der Waals surface area contributed by atoms with Gasteiger partial charge in [0.2, 0.25) is 0 Å². The molecule has 3 saturated heterocycles. The summed E-state index contributed by atoms with van der Waals surface area (Å²) in [5.41, 5.74) is 1.21. The van der Waals surface area contributed by atoms with Crippen LogP contribution in [0.3, 0.4) is 0 Å². The molecule has 3 aliphatic rings. The van der Waals surface area contributed by atoms with Crippen LogP contribution in [0.5, 0.6) is 0 Å². The Kier molecular flexibility index (Phi) is 4.56. The van der Waals surface area contributed by atoms with E-state index in [1.54, 1.807) is 23.1 Å². The molecule has 25 heavy (non-hydrogen) atoms. The van der Waals surface area contributed by atoms with Crippen molar-refractivity contribution in [1.29, 1.82) is 0 Å². The minimum atomic E-state index is -0.129. The van der Waals surface area contributed by atoms with E-state index in [9.17, 15) is 9.59 Å². The standard InChI is InChI=1S/C18H23ClN4O2/c19-16-2-1-14(23-8-5-21-18(23)25)9-15(16)17(24)22-6-3-12-10-20-11-13(12)4-7-22/h1-2,9,12-13,20H,3-8,10-11H2,(H,21,25)/t12-,13+. The number of hydrogen-bond donors (Lipinski definition) is 2. The Morgan fingerprint density at radius 2 is 1.84 bits per heavy atom. The molecule has 0 unspecified atom stereocenters. The molecule has 134 valence electrons. The molecule has 1 aromatic carbocycles. The first-order valence-electron chi connectivity index (χ1n) is 8.98. The molecule has 7 heteroatoms. The fraction of sp³-hybridized carbons (Fsp3) is 0.556. The lowest BCUT2D eigenvalue weighted by Gasteiger charge is -2.23. The van der Waals surface area contributed by atoms with E-state index in [0.29, 0.717) is 35.5 Å². The van der Waals surface area contributed by atoms with Crippen molar-refractivity contribution in [2.75, 3.05) is 44.2 Å². The van der Waals surface area contributed by atoms with Gasteiger partial charge in [-0.25, -0.2) is 4.79 Å². The highest BCUT2D eigenvalue weighted by molar-refractivity contribution is 6.34. The van der Waals surface area contributed by atoms with Crippen LogP contribution in [0.1, 0.15) is 23.2 Å². The smallest absolute Gasteiger partial charge is 0.321 e. The summed E-state index contributed by atoms with van der Waals surface area (Å²) in [4.78, 5) is 28.5. The number of benzene rings is 1. The monoisotopic (exact) mass is 362 g/mol. The molecule has 3 aliphatic heterocycles. The van der Waals surface area contributed by atoms with Gasteiger partial charge in [0.25, 0.3) is 5.91 Å².